The van der Waals surface area contributed by atoms with Gasteiger partial charge in [-0.25, -0.2) is 4.98 Å². The van der Waals surface area contributed by atoms with Gasteiger partial charge in [-0.05, 0) is 54.1 Å². The number of halogens is 4. The zero-order valence-electron chi connectivity index (χ0n) is 15.3. The molecule has 0 aliphatic heterocycles. The van der Waals surface area contributed by atoms with Crippen molar-refractivity contribution in [3.8, 4) is 5.75 Å². The summed E-state index contributed by atoms with van der Waals surface area (Å²) in [5, 5.41) is 5.48. The van der Waals surface area contributed by atoms with E-state index in [1.165, 1.54) is 6.07 Å². The van der Waals surface area contributed by atoms with Gasteiger partial charge in [0.15, 0.2) is 0 Å². The number of nitrogens with one attached hydrogen (secondary N) is 1. The van der Waals surface area contributed by atoms with Crippen LogP contribution in [0.3, 0.4) is 0 Å². The zero-order valence-corrected chi connectivity index (χ0v) is 16.1. The van der Waals surface area contributed by atoms with E-state index in [2.05, 4.69) is 10.3 Å². The van der Waals surface area contributed by atoms with Crippen molar-refractivity contribution in [2.24, 2.45) is 0 Å². The molecule has 7 heteroatoms. The van der Waals surface area contributed by atoms with Crippen molar-refractivity contribution in [3.63, 3.8) is 0 Å². The van der Waals surface area contributed by atoms with Crippen LogP contribution in [0.25, 0.3) is 21.8 Å². The molecule has 4 rings (SSSR count). The van der Waals surface area contributed by atoms with Gasteiger partial charge in [0.2, 0.25) is 0 Å². The quantitative estimate of drug-likeness (QED) is 0.377. The molecule has 0 saturated heterocycles. The molecule has 1 N–H and O–H groups in total. The van der Waals surface area contributed by atoms with Crippen LogP contribution < -0.4 is 10.1 Å². The smallest absolute Gasteiger partial charge is 0.416 e. The number of hydrogen-bond donors (Lipinski definition) is 1. The highest BCUT2D eigenvalue weighted by atomic mass is 35.5. The lowest BCUT2D eigenvalue weighted by Gasteiger charge is -2.15. The molecule has 0 unspecified atom stereocenters. The number of fused-ring (bicyclic) bond motifs is 2. The predicted octanol–water partition coefficient (Wildman–Crippen LogP) is 6.68. The molecule has 3 aromatic carbocycles. The molecule has 0 saturated carbocycles. The number of methoxy groups -OCH3 is 1. The second-order valence-corrected chi connectivity index (χ2v) is 7.02. The van der Waals surface area contributed by atoms with Crippen LogP contribution in [-0.2, 0) is 12.7 Å². The largest absolute Gasteiger partial charge is 0.497 e. The molecule has 148 valence electrons. The third kappa shape index (κ3) is 3.93. The van der Waals surface area contributed by atoms with Crippen LogP contribution in [0.5, 0.6) is 5.75 Å². The molecule has 0 aliphatic rings. The van der Waals surface area contributed by atoms with Gasteiger partial charge in [-0.2, -0.15) is 13.2 Å². The summed E-state index contributed by atoms with van der Waals surface area (Å²) < 4.78 is 44.4. The molecule has 0 aliphatic carbocycles. The van der Waals surface area contributed by atoms with E-state index in [1.54, 1.807) is 25.3 Å². The number of rotatable bonds is 4. The topological polar surface area (TPSA) is 34.1 Å². The van der Waals surface area contributed by atoms with Crippen LogP contribution in [0.2, 0.25) is 5.02 Å². The Morgan fingerprint density at radius 2 is 1.79 bits per heavy atom. The van der Waals surface area contributed by atoms with Crippen LogP contribution in [0.1, 0.15) is 11.1 Å². The number of anilines is 1. The van der Waals surface area contributed by atoms with Crippen molar-refractivity contribution in [1.29, 1.82) is 0 Å². The van der Waals surface area contributed by atoms with Gasteiger partial charge in [-0.15, -0.1) is 0 Å². The fraction of sp³-hybridized carbons (Fsp3) is 0.136. The molecule has 0 fully saturated rings. The lowest BCUT2D eigenvalue weighted by Crippen LogP contribution is -2.07. The minimum absolute atomic E-state index is 0.220. The van der Waals surface area contributed by atoms with Crippen molar-refractivity contribution in [1.82, 2.24) is 4.98 Å². The summed E-state index contributed by atoms with van der Waals surface area (Å²) in [6, 6.07) is 16.1. The first-order valence-corrected chi connectivity index (χ1v) is 9.20. The average Bonchev–Trinajstić information content (AvgIpc) is 2.70. The maximum absolute atomic E-state index is 13.0. The second-order valence-electron chi connectivity index (χ2n) is 6.58. The Kier molecular flexibility index (Phi) is 4.96. The predicted molar refractivity (Wildman–Crippen MR) is 110 cm³/mol. The Bertz CT molecular complexity index is 1210. The van der Waals surface area contributed by atoms with Crippen LogP contribution in [0.15, 0.2) is 60.7 Å². The molecule has 4 aromatic rings. The normalized spacial score (nSPS) is 11.8. The first kappa shape index (κ1) is 19.3. The summed E-state index contributed by atoms with van der Waals surface area (Å²) in [6.07, 6.45) is -4.38. The van der Waals surface area contributed by atoms with Crippen molar-refractivity contribution < 1.29 is 17.9 Å². The van der Waals surface area contributed by atoms with Crippen molar-refractivity contribution >= 4 is 39.1 Å². The SMILES string of the molecule is COc1ccc2nc3cc(Cl)ccc3c(NCc3cccc(C(F)(F)F)c3)c2c1. The Morgan fingerprint density at radius 1 is 0.966 bits per heavy atom. The van der Waals surface area contributed by atoms with Crippen LogP contribution in [0, 0.1) is 0 Å². The number of alkyl halides is 3. The maximum Gasteiger partial charge on any atom is 0.416 e. The first-order chi connectivity index (χ1) is 13.8. The number of pyridine rings is 1. The fourth-order valence-electron chi connectivity index (χ4n) is 3.26. The van der Waals surface area contributed by atoms with Crippen LogP contribution >= 0.6 is 11.6 Å². The summed E-state index contributed by atoms with van der Waals surface area (Å²) in [7, 11) is 1.57. The van der Waals surface area contributed by atoms with Gasteiger partial charge in [-0.1, -0.05) is 23.7 Å². The Labute approximate surface area is 170 Å². The highest BCUT2D eigenvalue weighted by Gasteiger charge is 2.30. The standard InChI is InChI=1S/C22H16ClF3N2O/c1-29-16-6-8-19-18(11-16)21(17-7-5-15(23)10-20(17)28-19)27-12-13-3-2-4-14(9-13)22(24,25)26/h2-11H,12H2,1H3,(H,27,28). The highest BCUT2D eigenvalue weighted by molar-refractivity contribution is 6.31. The van der Waals surface area contributed by atoms with E-state index in [9.17, 15) is 13.2 Å². The van der Waals surface area contributed by atoms with E-state index >= 15 is 0 Å². The molecule has 3 nitrogen and oxygen atoms in total. The van der Waals surface area contributed by atoms with Gasteiger partial charge >= 0.3 is 6.18 Å². The molecule has 0 atom stereocenters. The molecule has 0 amide bonds. The van der Waals surface area contributed by atoms with Gasteiger partial charge in [0.1, 0.15) is 5.75 Å². The molecule has 0 radical (unpaired) electrons. The van der Waals surface area contributed by atoms with Gasteiger partial charge in [0, 0.05) is 22.3 Å². The summed E-state index contributed by atoms with van der Waals surface area (Å²) in [4.78, 5) is 4.65. The molecule has 1 aromatic heterocycles. The monoisotopic (exact) mass is 416 g/mol. The number of ether oxygens (including phenoxy) is 1. The molecule has 1 heterocycles. The van der Waals surface area contributed by atoms with E-state index in [-0.39, 0.29) is 6.54 Å². The minimum atomic E-state index is -4.38. The molecular weight excluding hydrogens is 401 g/mol. The molecule has 29 heavy (non-hydrogen) atoms. The Morgan fingerprint density at radius 3 is 2.55 bits per heavy atom. The van der Waals surface area contributed by atoms with Crippen LogP contribution in [-0.4, -0.2) is 12.1 Å². The van der Waals surface area contributed by atoms with Gasteiger partial charge in [0.25, 0.3) is 0 Å². The average molecular weight is 417 g/mol. The highest BCUT2D eigenvalue weighted by Crippen LogP contribution is 2.35. The number of benzene rings is 3. The summed E-state index contributed by atoms with van der Waals surface area (Å²) in [6.45, 7) is 0.220. The van der Waals surface area contributed by atoms with Crippen molar-refractivity contribution in [3.05, 3.63) is 76.8 Å². The molecular formula is C22H16ClF3N2O. The molecule has 0 bridgehead atoms. The third-order valence-electron chi connectivity index (χ3n) is 4.67. The maximum atomic E-state index is 13.0. The van der Waals surface area contributed by atoms with Crippen LogP contribution in [0.4, 0.5) is 18.9 Å². The van der Waals surface area contributed by atoms with Crippen molar-refractivity contribution in [2.75, 3.05) is 12.4 Å². The van der Waals surface area contributed by atoms with Gasteiger partial charge in [0.05, 0.1) is 29.4 Å². The first-order valence-electron chi connectivity index (χ1n) is 8.82. The zero-order chi connectivity index (χ0) is 20.6. The van der Waals surface area contributed by atoms with Gasteiger partial charge in [-0.3, -0.25) is 0 Å². The van der Waals surface area contributed by atoms with E-state index < -0.39 is 11.7 Å². The van der Waals surface area contributed by atoms with Gasteiger partial charge < -0.3 is 10.1 Å². The number of hydrogen-bond acceptors (Lipinski definition) is 3. The molecule has 0 spiro atoms. The lowest BCUT2D eigenvalue weighted by atomic mass is 10.1. The van der Waals surface area contributed by atoms with E-state index in [4.69, 9.17) is 16.3 Å². The second kappa shape index (κ2) is 7.44. The fourth-order valence-corrected chi connectivity index (χ4v) is 3.43. The summed E-state index contributed by atoms with van der Waals surface area (Å²) >= 11 is 6.12. The minimum Gasteiger partial charge on any atom is -0.497 e. The number of aromatic nitrogens is 1. The van der Waals surface area contributed by atoms with E-state index in [1.807, 2.05) is 24.3 Å². The van der Waals surface area contributed by atoms with Crippen molar-refractivity contribution in [2.45, 2.75) is 12.7 Å². The third-order valence-corrected chi connectivity index (χ3v) is 4.90. The summed E-state index contributed by atoms with van der Waals surface area (Å²) in [5.74, 6) is 0.662. The summed E-state index contributed by atoms with van der Waals surface area (Å²) in [5.41, 5.74) is 2.04. The Balaban J connectivity index is 1.80. The number of nitrogens with zero attached hydrogens (tertiary/aromatic N) is 1. The van der Waals surface area contributed by atoms with E-state index in [0.29, 0.717) is 21.9 Å². The van der Waals surface area contributed by atoms with E-state index in [0.717, 1.165) is 34.1 Å². The lowest BCUT2D eigenvalue weighted by molar-refractivity contribution is -0.137. The Hall–Kier alpha value is -2.99.